The zero-order valence-electron chi connectivity index (χ0n) is 19.4. The lowest BCUT2D eigenvalue weighted by atomic mass is 10.0. The molecule has 0 bridgehead atoms. The van der Waals surface area contributed by atoms with Crippen LogP contribution >= 0.6 is 22.6 Å². The molecule has 5 rings (SSSR count). The Kier molecular flexibility index (Phi) is 6.71. The number of morpholine rings is 1. The van der Waals surface area contributed by atoms with Gasteiger partial charge in [-0.05, 0) is 72.1 Å². The fourth-order valence-electron chi connectivity index (χ4n) is 4.55. The molecule has 1 atom stereocenters. The van der Waals surface area contributed by atoms with E-state index < -0.39 is 0 Å². The normalized spacial score (nSPS) is 15.2. The summed E-state index contributed by atoms with van der Waals surface area (Å²) in [6, 6.07) is 14.2. The summed E-state index contributed by atoms with van der Waals surface area (Å²) in [5, 5.41) is 1.02. The quantitative estimate of drug-likeness (QED) is 0.356. The maximum absolute atomic E-state index is 13.4. The van der Waals surface area contributed by atoms with Crippen molar-refractivity contribution in [1.82, 2.24) is 19.4 Å². The van der Waals surface area contributed by atoms with Crippen LogP contribution in [0.1, 0.15) is 11.6 Å². The number of H-pyrrole nitrogens is 1. The molecule has 8 heteroatoms. The molecule has 3 aromatic heterocycles. The van der Waals surface area contributed by atoms with Gasteiger partial charge in [0.05, 0.1) is 31.1 Å². The van der Waals surface area contributed by atoms with Gasteiger partial charge in [-0.15, -0.1) is 0 Å². The minimum absolute atomic E-state index is 0.0187. The first-order valence-corrected chi connectivity index (χ1v) is 12.5. The summed E-state index contributed by atoms with van der Waals surface area (Å²) in [6.07, 6.45) is 5.76. The number of rotatable bonds is 6. The number of benzene rings is 1. The zero-order valence-corrected chi connectivity index (χ0v) is 21.5. The highest BCUT2D eigenvalue weighted by molar-refractivity contribution is 14.1. The number of nitrogens with zero attached hydrogens (tertiary/aromatic N) is 4. The number of hydrogen-bond donors (Lipinski definition) is 1. The van der Waals surface area contributed by atoms with E-state index in [1.807, 2.05) is 49.4 Å². The summed E-state index contributed by atoms with van der Waals surface area (Å²) in [5.41, 5.74) is 4.88. The van der Waals surface area contributed by atoms with Gasteiger partial charge in [-0.1, -0.05) is 12.1 Å². The Morgan fingerprint density at radius 1 is 1.18 bits per heavy atom. The van der Waals surface area contributed by atoms with Crippen LogP contribution in [0.15, 0.2) is 65.8 Å². The second-order valence-corrected chi connectivity index (χ2v) is 10.1. The van der Waals surface area contributed by atoms with Crippen molar-refractivity contribution in [3.05, 3.63) is 80.5 Å². The molecule has 1 aliphatic rings. The SMILES string of the molecule is CN(C)C[C@H](c1cccc(I)c1)n1ccc(-c2c[nH]c3ncc(N4CCOCC4)cc23)cc1=O. The molecule has 1 fully saturated rings. The van der Waals surface area contributed by atoms with E-state index in [0.717, 1.165) is 69.8 Å². The molecule has 1 saturated heterocycles. The highest BCUT2D eigenvalue weighted by atomic mass is 127. The van der Waals surface area contributed by atoms with Crippen molar-refractivity contribution < 1.29 is 4.74 Å². The smallest absolute Gasteiger partial charge is 0.251 e. The average Bonchev–Trinajstić information content (AvgIpc) is 3.26. The van der Waals surface area contributed by atoms with Crippen molar-refractivity contribution in [2.45, 2.75) is 6.04 Å². The predicted molar refractivity (Wildman–Crippen MR) is 145 cm³/mol. The van der Waals surface area contributed by atoms with E-state index in [4.69, 9.17) is 4.74 Å². The molecule has 176 valence electrons. The largest absolute Gasteiger partial charge is 0.378 e. The first-order chi connectivity index (χ1) is 16.5. The van der Waals surface area contributed by atoms with Gasteiger partial charge in [-0.2, -0.15) is 0 Å². The molecule has 0 saturated carbocycles. The summed E-state index contributed by atoms with van der Waals surface area (Å²) in [5.74, 6) is 0. The minimum Gasteiger partial charge on any atom is -0.378 e. The number of ether oxygens (including phenoxy) is 1. The van der Waals surface area contributed by atoms with Crippen LogP contribution in [0.5, 0.6) is 0 Å². The van der Waals surface area contributed by atoms with Crippen LogP contribution in [0.2, 0.25) is 0 Å². The Morgan fingerprint density at radius 2 is 2.00 bits per heavy atom. The number of hydrogen-bond acceptors (Lipinski definition) is 5. The van der Waals surface area contributed by atoms with Crippen LogP contribution in [0.25, 0.3) is 22.2 Å². The van der Waals surface area contributed by atoms with E-state index in [9.17, 15) is 4.79 Å². The fraction of sp³-hybridized carbons (Fsp3) is 0.308. The third-order valence-electron chi connectivity index (χ3n) is 6.26. The molecule has 1 aliphatic heterocycles. The number of anilines is 1. The number of aromatic amines is 1. The number of likely N-dealkylation sites (N-methyl/N-ethyl adjacent to an activating group) is 1. The summed E-state index contributed by atoms with van der Waals surface area (Å²) in [7, 11) is 4.07. The molecule has 0 spiro atoms. The summed E-state index contributed by atoms with van der Waals surface area (Å²) in [4.78, 5) is 25.7. The number of aromatic nitrogens is 3. The average molecular weight is 569 g/mol. The van der Waals surface area contributed by atoms with Gasteiger partial charge < -0.3 is 24.1 Å². The van der Waals surface area contributed by atoms with Gasteiger partial charge >= 0.3 is 0 Å². The molecule has 0 unspecified atom stereocenters. The van der Waals surface area contributed by atoms with Crippen LogP contribution in [0.3, 0.4) is 0 Å². The summed E-state index contributed by atoms with van der Waals surface area (Å²) < 4.78 is 8.48. The molecule has 0 aliphatic carbocycles. The van der Waals surface area contributed by atoms with E-state index in [-0.39, 0.29) is 11.6 Å². The van der Waals surface area contributed by atoms with Gasteiger partial charge in [-0.25, -0.2) is 4.98 Å². The van der Waals surface area contributed by atoms with Crippen LogP contribution in [0, 0.1) is 3.57 Å². The predicted octanol–water partition coefficient (Wildman–Crippen LogP) is 3.98. The second kappa shape index (κ2) is 9.89. The van der Waals surface area contributed by atoms with Crippen molar-refractivity contribution in [3.8, 4) is 11.1 Å². The number of fused-ring (bicyclic) bond motifs is 1. The standard InChI is InChI=1S/C26H28IN5O2/c1-30(2)17-24(19-4-3-5-20(27)12-19)32-7-6-18(13-25(32)33)23-16-29-26-22(23)14-21(15-28-26)31-8-10-34-11-9-31/h3-7,12-16,24H,8-11,17H2,1-2H3,(H,28,29)/t24-/m1/s1. The number of pyridine rings is 2. The van der Waals surface area contributed by atoms with Gasteiger partial charge in [0.2, 0.25) is 0 Å². The minimum atomic E-state index is -0.0659. The third-order valence-corrected chi connectivity index (χ3v) is 6.93. The van der Waals surface area contributed by atoms with E-state index >= 15 is 0 Å². The Morgan fingerprint density at radius 3 is 2.74 bits per heavy atom. The van der Waals surface area contributed by atoms with Gasteiger partial charge in [0, 0.05) is 52.6 Å². The van der Waals surface area contributed by atoms with Crippen LogP contribution in [-0.4, -0.2) is 66.4 Å². The first kappa shape index (κ1) is 23.1. The van der Waals surface area contributed by atoms with Gasteiger partial charge in [0.25, 0.3) is 5.56 Å². The molecule has 4 heterocycles. The van der Waals surface area contributed by atoms with E-state index in [2.05, 4.69) is 66.6 Å². The topological polar surface area (TPSA) is 66.4 Å². The van der Waals surface area contributed by atoms with Gasteiger partial charge in [0.15, 0.2) is 0 Å². The molecule has 4 aromatic rings. The van der Waals surface area contributed by atoms with Crippen molar-refractivity contribution in [3.63, 3.8) is 0 Å². The Hall–Kier alpha value is -2.69. The van der Waals surface area contributed by atoms with Crippen molar-refractivity contribution in [2.75, 3.05) is 51.8 Å². The molecule has 0 radical (unpaired) electrons. The Bertz CT molecular complexity index is 1360. The lowest BCUT2D eigenvalue weighted by Gasteiger charge is -2.28. The van der Waals surface area contributed by atoms with E-state index in [1.54, 1.807) is 6.07 Å². The van der Waals surface area contributed by atoms with Crippen molar-refractivity contribution in [1.29, 1.82) is 0 Å². The molecule has 1 aromatic carbocycles. The highest BCUT2D eigenvalue weighted by Gasteiger charge is 2.18. The maximum Gasteiger partial charge on any atom is 0.251 e. The highest BCUT2D eigenvalue weighted by Crippen LogP contribution is 2.30. The number of halogens is 1. The molecule has 0 amide bonds. The molecule has 7 nitrogen and oxygen atoms in total. The third kappa shape index (κ3) is 4.75. The summed E-state index contributed by atoms with van der Waals surface area (Å²) in [6.45, 7) is 3.90. The van der Waals surface area contributed by atoms with Crippen molar-refractivity contribution in [2.24, 2.45) is 0 Å². The molecular formula is C26H28IN5O2. The molecule has 1 N–H and O–H groups in total. The molecular weight excluding hydrogens is 541 g/mol. The zero-order chi connectivity index (χ0) is 23.7. The van der Waals surface area contributed by atoms with Gasteiger partial charge in [0.1, 0.15) is 5.65 Å². The van der Waals surface area contributed by atoms with Crippen molar-refractivity contribution >= 4 is 39.3 Å². The van der Waals surface area contributed by atoms with Gasteiger partial charge in [-0.3, -0.25) is 4.79 Å². The fourth-order valence-corrected chi connectivity index (χ4v) is 5.12. The summed E-state index contributed by atoms with van der Waals surface area (Å²) >= 11 is 2.32. The maximum atomic E-state index is 13.4. The Labute approximate surface area is 212 Å². The second-order valence-electron chi connectivity index (χ2n) is 8.89. The Balaban J connectivity index is 1.52. The lowest BCUT2D eigenvalue weighted by Crippen LogP contribution is -2.36. The van der Waals surface area contributed by atoms with E-state index in [1.165, 1.54) is 0 Å². The molecule has 34 heavy (non-hydrogen) atoms. The number of nitrogens with one attached hydrogen (secondary N) is 1. The first-order valence-electron chi connectivity index (χ1n) is 11.4. The monoisotopic (exact) mass is 569 g/mol. The van der Waals surface area contributed by atoms with Crippen LogP contribution in [-0.2, 0) is 4.74 Å². The lowest BCUT2D eigenvalue weighted by molar-refractivity contribution is 0.122. The van der Waals surface area contributed by atoms with E-state index in [0.29, 0.717) is 0 Å². The van der Waals surface area contributed by atoms with Crippen LogP contribution in [0.4, 0.5) is 5.69 Å². The van der Waals surface area contributed by atoms with Crippen LogP contribution < -0.4 is 10.5 Å².